The molecule has 1 aromatic heterocycles. The number of amides is 1. The van der Waals surface area contributed by atoms with Crippen molar-refractivity contribution in [1.29, 1.82) is 0 Å². The van der Waals surface area contributed by atoms with E-state index in [0.717, 1.165) is 12.0 Å². The van der Waals surface area contributed by atoms with Gasteiger partial charge in [-0.3, -0.25) is 0 Å². The van der Waals surface area contributed by atoms with Crippen LogP contribution in [0.2, 0.25) is 5.15 Å². The second-order valence-corrected chi connectivity index (χ2v) is 7.42. The van der Waals surface area contributed by atoms with Crippen LogP contribution in [0.1, 0.15) is 36.8 Å². The third kappa shape index (κ3) is 5.98. The molecular weight excluding hydrogens is 426 g/mol. The van der Waals surface area contributed by atoms with E-state index < -0.39 is 28.8 Å². The molecule has 10 heteroatoms. The van der Waals surface area contributed by atoms with Crippen LogP contribution in [0, 0.1) is 5.82 Å². The lowest BCUT2D eigenvalue weighted by atomic mass is 9.91. The van der Waals surface area contributed by atoms with Crippen molar-refractivity contribution >= 4 is 23.5 Å². The zero-order chi connectivity index (χ0) is 21.7. The fraction of sp³-hybridized carbons (Fsp3) is 0.400. The first-order valence-corrected chi connectivity index (χ1v) is 9.77. The summed E-state index contributed by atoms with van der Waals surface area (Å²) in [5, 5.41) is 4.75. The van der Waals surface area contributed by atoms with Crippen LogP contribution in [0.3, 0.4) is 0 Å². The summed E-state index contributed by atoms with van der Waals surface area (Å²) in [7, 11) is 0. The Balaban J connectivity index is 1.55. The number of carbonyl (C=O) groups is 1. The van der Waals surface area contributed by atoms with Gasteiger partial charge in [-0.05, 0) is 37.3 Å². The summed E-state index contributed by atoms with van der Waals surface area (Å²) in [5.41, 5.74) is -0.465. The van der Waals surface area contributed by atoms with Crippen LogP contribution in [-0.4, -0.2) is 23.2 Å². The highest BCUT2D eigenvalue weighted by molar-refractivity contribution is 6.30. The van der Waals surface area contributed by atoms with Gasteiger partial charge in [-0.15, -0.1) is 0 Å². The summed E-state index contributed by atoms with van der Waals surface area (Å²) < 4.78 is 57.7. The zero-order valence-corrected chi connectivity index (χ0v) is 16.6. The van der Waals surface area contributed by atoms with Gasteiger partial charge < -0.3 is 15.4 Å². The Morgan fingerprint density at radius 3 is 2.60 bits per heavy atom. The number of hydrogen-bond donors (Lipinski definition) is 2. The molecule has 2 atom stereocenters. The molecular formula is C20H20ClF4N3O2. The van der Waals surface area contributed by atoms with Crippen molar-refractivity contribution in [2.24, 2.45) is 0 Å². The van der Waals surface area contributed by atoms with Gasteiger partial charge in [-0.2, -0.15) is 13.2 Å². The molecule has 3 rings (SSSR count). The van der Waals surface area contributed by atoms with Gasteiger partial charge in [0, 0.05) is 12.1 Å². The van der Waals surface area contributed by atoms with E-state index in [2.05, 4.69) is 15.6 Å². The Morgan fingerprint density at radius 2 is 1.90 bits per heavy atom. The number of ether oxygens (including phenoxy) is 1. The Hall–Kier alpha value is -2.55. The second kappa shape index (κ2) is 9.51. The van der Waals surface area contributed by atoms with Crippen molar-refractivity contribution in [3.8, 4) is 0 Å². The maximum Gasteiger partial charge on any atom is 0.419 e. The molecule has 1 saturated carbocycles. The maximum atomic E-state index is 14.1. The molecule has 1 aromatic carbocycles. The van der Waals surface area contributed by atoms with Gasteiger partial charge in [0.15, 0.2) is 11.6 Å². The highest BCUT2D eigenvalue weighted by Gasteiger charge is 2.35. The lowest BCUT2D eigenvalue weighted by Gasteiger charge is -2.30. The molecule has 1 heterocycles. The highest BCUT2D eigenvalue weighted by Crippen LogP contribution is 2.35. The van der Waals surface area contributed by atoms with Crippen LogP contribution >= 0.6 is 11.6 Å². The first-order chi connectivity index (χ1) is 14.2. The van der Waals surface area contributed by atoms with Crippen LogP contribution in [0.25, 0.3) is 0 Å². The molecule has 1 amide bonds. The van der Waals surface area contributed by atoms with Gasteiger partial charge in [0.05, 0.1) is 5.56 Å². The molecule has 0 saturated heterocycles. The van der Waals surface area contributed by atoms with E-state index in [0.29, 0.717) is 25.3 Å². The summed E-state index contributed by atoms with van der Waals surface area (Å²) in [4.78, 5) is 15.6. The first kappa shape index (κ1) is 22.1. The number of rotatable bonds is 5. The monoisotopic (exact) mass is 445 g/mol. The Labute approximate surface area is 175 Å². The predicted molar refractivity (Wildman–Crippen MR) is 104 cm³/mol. The molecule has 2 N–H and O–H groups in total. The largest absolute Gasteiger partial charge is 0.445 e. The molecule has 1 aliphatic carbocycles. The zero-order valence-electron chi connectivity index (χ0n) is 15.8. The van der Waals surface area contributed by atoms with Crippen LogP contribution in [-0.2, 0) is 17.5 Å². The topological polar surface area (TPSA) is 63.2 Å². The van der Waals surface area contributed by atoms with Crippen LogP contribution < -0.4 is 10.6 Å². The quantitative estimate of drug-likeness (QED) is 0.468. The minimum Gasteiger partial charge on any atom is -0.445 e. The predicted octanol–water partition coefficient (Wildman–Crippen LogP) is 5.54. The number of aromatic nitrogens is 1. The summed E-state index contributed by atoms with van der Waals surface area (Å²) in [6, 6.07) is 9.05. The van der Waals surface area contributed by atoms with Gasteiger partial charge in [0.25, 0.3) is 0 Å². The lowest BCUT2D eigenvalue weighted by molar-refractivity contribution is -0.137. The molecule has 1 aliphatic rings. The Bertz CT molecular complexity index is 880. The lowest BCUT2D eigenvalue weighted by Crippen LogP contribution is -2.42. The third-order valence-corrected chi connectivity index (χ3v) is 5.07. The first-order valence-electron chi connectivity index (χ1n) is 9.39. The number of halogens is 5. The molecule has 0 spiro atoms. The standard InChI is InChI=1S/C20H20ClF4N3O2/c21-17-15(20(23,24)25)10-16(22)18(28-17)26-13-7-4-8-14(9-13)27-19(29)30-11-12-5-2-1-3-6-12/h1-3,5-6,10,13-14H,4,7-9,11H2,(H,26,28)(H,27,29)/t13-,14+/m0/s1. The molecule has 1 fully saturated rings. The van der Waals surface area contributed by atoms with Crippen molar-refractivity contribution in [1.82, 2.24) is 10.3 Å². The SMILES string of the molecule is O=C(N[C@@H]1CCC[C@H](Nc2nc(Cl)c(C(F)(F)F)cc2F)C1)OCc1ccccc1. The number of anilines is 1. The molecule has 0 radical (unpaired) electrons. The van der Waals surface area contributed by atoms with Crippen molar-refractivity contribution in [2.45, 2.75) is 50.6 Å². The van der Waals surface area contributed by atoms with E-state index in [1.807, 2.05) is 30.3 Å². The normalized spacial score (nSPS) is 19.2. The van der Waals surface area contributed by atoms with Crippen LogP contribution in [0.4, 0.5) is 28.2 Å². The third-order valence-electron chi connectivity index (χ3n) is 4.78. The molecule has 2 aromatic rings. The average Bonchev–Trinajstić information content (AvgIpc) is 2.69. The fourth-order valence-electron chi connectivity index (χ4n) is 3.34. The summed E-state index contributed by atoms with van der Waals surface area (Å²) in [6.45, 7) is 0.139. The molecule has 0 aliphatic heterocycles. The van der Waals surface area contributed by atoms with Crippen LogP contribution in [0.5, 0.6) is 0 Å². The summed E-state index contributed by atoms with van der Waals surface area (Å²) >= 11 is 5.58. The number of alkyl carbamates (subject to hydrolysis) is 1. The van der Waals surface area contributed by atoms with E-state index in [1.165, 1.54) is 0 Å². The van der Waals surface area contributed by atoms with Crippen molar-refractivity contribution in [2.75, 3.05) is 5.32 Å². The number of hydrogen-bond acceptors (Lipinski definition) is 4. The van der Waals surface area contributed by atoms with E-state index in [9.17, 15) is 22.4 Å². The van der Waals surface area contributed by atoms with Crippen molar-refractivity contribution in [3.63, 3.8) is 0 Å². The number of nitrogens with one attached hydrogen (secondary N) is 2. The average molecular weight is 446 g/mol. The number of alkyl halides is 3. The fourth-order valence-corrected chi connectivity index (χ4v) is 3.59. The molecule has 5 nitrogen and oxygen atoms in total. The summed E-state index contributed by atoms with van der Waals surface area (Å²) in [6.07, 6.45) is -2.81. The number of carbonyl (C=O) groups excluding carboxylic acids is 1. The van der Waals surface area contributed by atoms with Crippen LogP contribution in [0.15, 0.2) is 36.4 Å². The van der Waals surface area contributed by atoms with Gasteiger partial charge in [0.2, 0.25) is 0 Å². The smallest absolute Gasteiger partial charge is 0.419 e. The minimum atomic E-state index is -4.79. The molecule has 0 bridgehead atoms. The highest BCUT2D eigenvalue weighted by atomic mass is 35.5. The van der Waals surface area contributed by atoms with Gasteiger partial charge >= 0.3 is 12.3 Å². The molecule has 0 unspecified atom stereocenters. The van der Waals surface area contributed by atoms with E-state index in [4.69, 9.17) is 16.3 Å². The summed E-state index contributed by atoms with van der Waals surface area (Å²) in [5.74, 6) is -1.48. The molecule has 30 heavy (non-hydrogen) atoms. The van der Waals surface area contributed by atoms with E-state index in [-0.39, 0.29) is 24.5 Å². The Morgan fingerprint density at radius 1 is 1.20 bits per heavy atom. The number of benzene rings is 1. The van der Waals surface area contributed by atoms with Gasteiger partial charge in [0.1, 0.15) is 11.8 Å². The minimum absolute atomic E-state index is 0.139. The second-order valence-electron chi connectivity index (χ2n) is 7.07. The van der Waals surface area contributed by atoms with Crippen molar-refractivity contribution < 1.29 is 27.1 Å². The Kier molecular flexibility index (Phi) is 7.02. The molecule has 162 valence electrons. The van der Waals surface area contributed by atoms with E-state index in [1.54, 1.807) is 0 Å². The van der Waals surface area contributed by atoms with Crippen molar-refractivity contribution in [3.05, 3.63) is 58.5 Å². The van der Waals surface area contributed by atoms with Gasteiger partial charge in [-0.25, -0.2) is 14.2 Å². The van der Waals surface area contributed by atoms with E-state index >= 15 is 0 Å². The number of pyridine rings is 1. The maximum absolute atomic E-state index is 14.1. The number of nitrogens with zero attached hydrogens (tertiary/aromatic N) is 1. The van der Waals surface area contributed by atoms with Gasteiger partial charge in [-0.1, -0.05) is 41.9 Å².